The van der Waals surface area contributed by atoms with Crippen molar-refractivity contribution < 1.29 is 27.8 Å². The lowest BCUT2D eigenvalue weighted by molar-refractivity contribution is -0.384. The van der Waals surface area contributed by atoms with Crippen molar-refractivity contribution >= 4 is 46.5 Å². The molecule has 312 valence electrons. The molecule has 2 aromatic carbocycles. The van der Waals surface area contributed by atoms with Gasteiger partial charge in [0.2, 0.25) is 23.5 Å². The van der Waals surface area contributed by atoms with Crippen LogP contribution in [0.15, 0.2) is 60.9 Å². The fraction of sp³-hybridized carbons (Fsp3) is 0.459. The minimum atomic E-state index is -4.82. The van der Waals surface area contributed by atoms with Crippen LogP contribution in [-0.4, -0.2) is 68.9 Å². The first kappa shape index (κ1) is 43.5. The third-order valence-corrected chi connectivity index (χ3v) is 10.2. The number of para-hydroxylation sites is 1. The number of hydrogen-bond acceptors (Lipinski definition) is 15. The number of alkyl halides is 3. The summed E-state index contributed by atoms with van der Waals surface area (Å²) in [5, 5.41) is 38.6. The number of nitro groups is 2. The van der Waals surface area contributed by atoms with Gasteiger partial charge in [0.05, 0.1) is 9.85 Å². The molecule has 6 rings (SSSR count). The van der Waals surface area contributed by atoms with Crippen molar-refractivity contribution in [3.63, 3.8) is 0 Å². The Bertz CT molecular complexity index is 1970. The minimum absolute atomic E-state index is 0.0479. The number of rotatable bonds is 16. The summed E-state index contributed by atoms with van der Waals surface area (Å²) in [6.45, 7) is 4.17. The molecule has 1 saturated heterocycles. The Labute approximate surface area is 337 Å². The van der Waals surface area contributed by atoms with E-state index in [2.05, 4.69) is 51.3 Å². The quantitative estimate of drug-likeness (QED) is 0.0487. The Kier molecular flexibility index (Phi) is 15.9. The van der Waals surface area contributed by atoms with Crippen molar-refractivity contribution in [2.45, 2.75) is 58.0 Å². The molecule has 58 heavy (non-hydrogen) atoms. The first-order valence-electron chi connectivity index (χ1n) is 18.8. The summed E-state index contributed by atoms with van der Waals surface area (Å²) in [6.07, 6.45) is 3.59. The van der Waals surface area contributed by atoms with Crippen LogP contribution < -0.4 is 37.1 Å². The monoisotopic (exact) mass is 830 g/mol. The molecule has 0 atom stereocenters. The number of hydrogen-bond donors (Lipinski definition) is 6. The Morgan fingerprint density at radius 1 is 0.741 bits per heavy atom. The molecule has 1 aliphatic carbocycles. The van der Waals surface area contributed by atoms with Gasteiger partial charge in [-0.2, -0.15) is 9.97 Å². The van der Waals surface area contributed by atoms with Crippen LogP contribution in [0.3, 0.4) is 0 Å². The molecule has 0 radical (unpaired) electrons. The number of aromatic nitrogens is 4. The van der Waals surface area contributed by atoms with Crippen LogP contribution in [0, 0.1) is 38.0 Å². The van der Waals surface area contributed by atoms with E-state index in [1.165, 1.54) is 24.4 Å². The summed E-state index contributed by atoms with van der Waals surface area (Å²) in [7, 11) is 0. The van der Waals surface area contributed by atoms with Crippen LogP contribution in [0.2, 0.25) is 5.02 Å². The number of piperidine rings is 1. The number of halogens is 4. The first-order valence-corrected chi connectivity index (χ1v) is 19.2. The molecule has 2 aromatic heterocycles. The Morgan fingerprint density at radius 3 is 1.74 bits per heavy atom. The molecular weight excluding hydrogens is 785 g/mol. The zero-order chi connectivity index (χ0) is 41.5. The SMILES string of the molecule is NCC1CCC(CNc2nc(NCc3ccccc3OC(F)(F)F)ncc2[N+](=O)[O-])CC1.O=[N+]([O-])c1cnc(NCc2ccccc2Cl)nc1NCC1CCNCC1. The number of anilines is 4. The average molecular weight is 831 g/mol. The van der Waals surface area contributed by atoms with E-state index < -0.39 is 16.2 Å². The topological polar surface area (TPSA) is 233 Å². The third kappa shape index (κ3) is 13.5. The highest BCUT2D eigenvalue weighted by molar-refractivity contribution is 6.31. The molecule has 1 saturated carbocycles. The zero-order valence-electron chi connectivity index (χ0n) is 31.5. The lowest BCUT2D eigenvalue weighted by Crippen LogP contribution is -2.31. The van der Waals surface area contributed by atoms with Crippen LogP contribution in [0.5, 0.6) is 5.75 Å². The lowest BCUT2D eigenvalue weighted by Gasteiger charge is -2.27. The standard InChI is InChI=1S/C20H25F3N6O3.C17H21ClN6O2/c21-20(22,23)32-17-4-2-1-3-15(17)11-26-19-27-12-16(29(30)31)18(28-19)25-10-14-7-5-13(9-24)6-8-14;18-14-4-2-1-3-13(14)10-21-17-22-11-15(24(25)26)16(23-17)20-9-12-5-7-19-8-6-12/h1-4,12-14H,5-11,24H2,(H2,25,26,27,28);1-4,11-12,19H,5-10H2,(H2,20,21,22,23). The highest BCUT2D eigenvalue weighted by Crippen LogP contribution is 2.31. The van der Waals surface area contributed by atoms with Crippen LogP contribution in [0.25, 0.3) is 0 Å². The number of ether oxygens (including phenoxy) is 1. The molecule has 0 unspecified atom stereocenters. The normalized spacial score (nSPS) is 17.0. The highest BCUT2D eigenvalue weighted by Gasteiger charge is 2.32. The van der Waals surface area contributed by atoms with Crippen LogP contribution in [-0.2, 0) is 13.1 Å². The van der Waals surface area contributed by atoms with Gasteiger partial charge < -0.3 is 37.1 Å². The van der Waals surface area contributed by atoms with E-state index in [4.69, 9.17) is 17.3 Å². The van der Waals surface area contributed by atoms with Crippen LogP contribution in [0.4, 0.5) is 48.1 Å². The zero-order valence-corrected chi connectivity index (χ0v) is 32.3. The van der Waals surface area contributed by atoms with Gasteiger partial charge in [0.25, 0.3) is 0 Å². The Morgan fingerprint density at radius 2 is 1.22 bits per heavy atom. The van der Waals surface area contributed by atoms with Gasteiger partial charge in [0.1, 0.15) is 18.1 Å². The van der Waals surface area contributed by atoms with Crippen molar-refractivity contribution in [1.29, 1.82) is 0 Å². The van der Waals surface area contributed by atoms with E-state index in [9.17, 15) is 33.4 Å². The molecule has 17 nitrogen and oxygen atoms in total. The highest BCUT2D eigenvalue weighted by atomic mass is 35.5. The van der Waals surface area contributed by atoms with Crippen molar-refractivity contribution in [2.24, 2.45) is 23.5 Å². The molecule has 3 heterocycles. The maximum absolute atomic E-state index is 12.6. The molecule has 2 fully saturated rings. The van der Waals surface area contributed by atoms with Gasteiger partial charge in [-0.15, -0.1) is 13.2 Å². The molecule has 7 N–H and O–H groups in total. The van der Waals surface area contributed by atoms with E-state index in [-0.39, 0.29) is 46.8 Å². The first-order chi connectivity index (χ1) is 27.9. The van der Waals surface area contributed by atoms with Gasteiger partial charge in [0.15, 0.2) is 0 Å². The fourth-order valence-electron chi connectivity index (χ4n) is 6.55. The summed E-state index contributed by atoms with van der Waals surface area (Å²) in [4.78, 5) is 38.0. The van der Waals surface area contributed by atoms with Crippen molar-refractivity contribution in [1.82, 2.24) is 25.3 Å². The molecule has 1 aliphatic heterocycles. The van der Waals surface area contributed by atoms with Gasteiger partial charge in [0, 0.05) is 36.8 Å². The van der Waals surface area contributed by atoms with E-state index in [1.807, 2.05) is 18.2 Å². The van der Waals surface area contributed by atoms with Crippen LogP contribution >= 0.6 is 11.6 Å². The maximum Gasteiger partial charge on any atom is 0.573 e. The molecule has 0 spiro atoms. The second kappa shape index (κ2) is 21.2. The van der Waals surface area contributed by atoms with Crippen molar-refractivity contribution in [2.75, 3.05) is 54.0 Å². The van der Waals surface area contributed by atoms with Gasteiger partial charge in [-0.05, 0) is 93.6 Å². The van der Waals surface area contributed by atoms with Crippen molar-refractivity contribution in [3.05, 3.63) is 97.3 Å². The number of benzene rings is 2. The predicted molar refractivity (Wildman–Crippen MR) is 214 cm³/mol. The van der Waals surface area contributed by atoms with Gasteiger partial charge in [-0.1, -0.05) is 48.0 Å². The summed E-state index contributed by atoms with van der Waals surface area (Å²) < 4.78 is 41.8. The maximum atomic E-state index is 12.6. The van der Waals surface area contributed by atoms with Crippen molar-refractivity contribution in [3.8, 4) is 5.75 Å². The fourth-order valence-corrected chi connectivity index (χ4v) is 6.75. The lowest BCUT2D eigenvalue weighted by atomic mass is 9.82. The number of nitrogens with zero attached hydrogens (tertiary/aromatic N) is 6. The summed E-state index contributed by atoms with van der Waals surface area (Å²) >= 11 is 6.14. The van der Waals surface area contributed by atoms with E-state index in [1.54, 1.807) is 12.1 Å². The second-order valence-electron chi connectivity index (χ2n) is 13.9. The number of nitrogens with two attached hydrogens (primary N) is 1. The Balaban J connectivity index is 0.000000226. The molecule has 4 aromatic rings. The number of nitrogens with one attached hydrogen (secondary N) is 5. The third-order valence-electron chi connectivity index (χ3n) is 9.84. The molecule has 0 bridgehead atoms. The molecule has 0 amide bonds. The van der Waals surface area contributed by atoms with Gasteiger partial charge >= 0.3 is 17.7 Å². The smallest absolute Gasteiger partial charge is 0.405 e. The van der Waals surface area contributed by atoms with Crippen LogP contribution in [0.1, 0.15) is 49.7 Å². The minimum Gasteiger partial charge on any atom is -0.405 e. The van der Waals surface area contributed by atoms with E-state index in [0.29, 0.717) is 54.9 Å². The largest absolute Gasteiger partial charge is 0.573 e. The summed E-state index contributed by atoms with van der Waals surface area (Å²) in [5.41, 5.74) is 6.46. The van der Waals surface area contributed by atoms with Gasteiger partial charge in [-0.25, -0.2) is 9.97 Å². The Hall–Kier alpha value is -5.60. The summed E-state index contributed by atoms with van der Waals surface area (Å²) in [5.74, 6) is 1.69. The second-order valence-corrected chi connectivity index (χ2v) is 14.3. The van der Waals surface area contributed by atoms with E-state index >= 15 is 0 Å². The predicted octanol–water partition coefficient (Wildman–Crippen LogP) is 7.13. The molecule has 2 aliphatic rings. The summed E-state index contributed by atoms with van der Waals surface area (Å²) in [6, 6.07) is 13.1. The molecule has 21 heteroatoms. The van der Waals surface area contributed by atoms with Gasteiger partial charge in [-0.3, -0.25) is 20.2 Å². The molecular formula is C37H46ClF3N12O5. The van der Waals surface area contributed by atoms with E-state index in [0.717, 1.165) is 63.4 Å². The average Bonchev–Trinajstić information content (AvgIpc) is 3.21.